The molecule has 3 aromatic carbocycles. The van der Waals surface area contributed by atoms with Crippen molar-refractivity contribution in [2.45, 2.75) is 55.1 Å². The quantitative estimate of drug-likeness (QED) is 0.131. The highest BCUT2D eigenvalue weighted by Gasteiger charge is 2.29. The maximum atomic E-state index is 9.77. The number of morpholine rings is 1. The Kier molecular flexibility index (Phi) is 21.2. The van der Waals surface area contributed by atoms with Gasteiger partial charge in [0, 0.05) is 42.5 Å². The first-order chi connectivity index (χ1) is 25.0. The van der Waals surface area contributed by atoms with E-state index in [2.05, 4.69) is 91.2 Å². The lowest BCUT2D eigenvalue weighted by Crippen LogP contribution is -2.39. The summed E-state index contributed by atoms with van der Waals surface area (Å²) in [6.07, 6.45) is -1.23. The molecule has 294 valence electrons. The molecule has 12 nitrogen and oxygen atoms in total. The molecule has 3 aromatic rings. The number of fused-ring (bicyclic) bond motifs is 2. The van der Waals surface area contributed by atoms with Crippen molar-refractivity contribution in [1.82, 2.24) is 9.80 Å². The SMILES string of the molecule is CC(CN(C)C)CN1c2ccccc2Sc2ccccc21.CCCCOc1ccc(OCCCN2CCOCC2)cc1.Cl.O=C(O)C(O)C(O)C(=O)O. The molecular weight excluding hydrogens is 722 g/mol. The lowest BCUT2D eigenvalue weighted by molar-refractivity contribution is -0.165. The summed E-state index contributed by atoms with van der Waals surface area (Å²) in [6.45, 7) is 13.1. The third-order valence-corrected chi connectivity index (χ3v) is 9.22. The summed E-state index contributed by atoms with van der Waals surface area (Å²) in [4.78, 5) is 29.4. The zero-order chi connectivity index (χ0) is 37.9. The van der Waals surface area contributed by atoms with Crippen molar-refractivity contribution in [1.29, 1.82) is 0 Å². The minimum absolute atomic E-state index is 0. The topological polar surface area (TPSA) is 152 Å². The van der Waals surface area contributed by atoms with Crippen LogP contribution in [0.15, 0.2) is 82.6 Å². The fourth-order valence-corrected chi connectivity index (χ4v) is 6.61. The van der Waals surface area contributed by atoms with E-state index in [4.69, 9.17) is 34.6 Å². The van der Waals surface area contributed by atoms with E-state index in [9.17, 15) is 9.59 Å². The van der Waals surface area contributed by atoms with Crippen molar-refractivity contribution in [3.63, 3.8) is 0 Å². The number of anilines is 2. The minimum atomic E-state index is -2.27. The third-order valence-electron chi connectivity index (χ3n) is 8.09. The second kappa shape index (κ2) is 24.7. The number of nitrogens with zero attached hydrogens (tertiary/aromatic N) is 3. The van der Waals surface area contributed by atoms with Gasteiger partial charge in [-0.25, -0.2) is 9.59 Å². The summed E-state index contributed by atoms with van der Waals surface area (Å²) in [5.74, 6) is -1.09. The second-order valence-corrected chi connectivity index (χ2v) is 14.0. The molecule has 0 spiro atoms. The van der Waals surface area contributed by atoms with Gasteiger partial charge in [0.2, 0.25) is 0 Å². The van der Waals surface area contributed by atoms with E-state index >= 15 is 0 Å². The lowest BCUT2D eigenvalue weighted by atomic mass is 10.1. The molecular formula is C39H56ClN3O9S. The highest BCUT2D eigenvalue weighted by Crippen LogP contribution is 2.48. The number of aliphatic carboxylic acids is 2. The fraction of sp³-hybridized carbons (Fsp3) is 0.487. The molecule has 0 amide bonds. The first kappa shape index (κ1) is 45.6. The zero-order valence-electron chi connectivity index (χ0n) is 31.1. The summed E-state index contributed by atoms with van der Waals surface area (Å²) < 4.78 is 16.7. The Hall–Kier alpha value is -3.56. The van der Waals surface area contributed by atoms with Crippen molar-refractivity contribution in [2.24, 2.45) is 5.92 Å². The van der Waals surface area contributed by atoms with Gasteiger partial charge in [0.1, 0.15) is 11.5 Å². The standard InChI is InChI=1S/C18H22N2S.C17H27NO3.C4H6O6.ClH/c1-14(12-19(2)3)13-20-15-8-4-6-10-17(15)21-18-11-7-5-9-16(18)20;1-2-3-12-20-16-5-7-17(8-6-16)21-13-4-9-18-10-14-19-15-11-18;5-1(3(7)8)2(6)4(9)10;/h4-11,14H,12-13H2,1-3H3;5-8H,2-4,9-15H2,1H3;1-2,5-6H,(H,7,8)(H,9,10);1H. The number of unbranched alkanes of at least 4 members (excludes halogenated alkanes) is 1. The molecule has 53 heavy (non-hydrogen) atoms. The van der Waals surface area contributed by atoms with Gasteiger partial charge in [0.05, 0.1) is 37.8 Å². The van der Waals surface area contributed by atoms with Crippen molar-refractivity contribution in [3.8, 4) is 11.5 Å². The van der Waals surface area contributed by atoms with Crippen LogP contribution < -0.4 is 14.4 Å². The van der Waals surface area contributed by atoms with Crippen LogP contribution in [0.5, 0.6) is 11.5 Å². The molecule has 2 aliphatic rings. The maximum absolute atomic E-state index is 9.77. The van der Waals surface area contributed by atoms with Crippen LogP contribution in [0, 0.1) is 5.92 Å². The van der Waals surface area contributed by atoms with Crippen molar-refractivity contribution >= 4 is 47.5 Å². The number of aliphatic hydroxyl groups excluding tert-OH is 2. The fourth-order valence-electron chi connectivity index (χ4n) is 5.51. The van der Waals surface area contributed by atoms with Gasteiger partial charge in [-0.15, -0.1) is 12.4 Å². The van der Waals surface area contributed by atoms with E-state index in [0.717, 1.165) is 89.9 Å². The summed E-state index contributed by atoms with van der Waals surface area (Å²) in [5.41, 5.74) is 2.68. The predicted molar refractivity (Wildman–Crippen MR) is 210 cm³/mol. The number of carboxylic acid groups (broad SMARTS) is 2. The summed E-state index contributed by atoms with van der Waals surface area (Å²) in [7, 11) is 4.29. The smallest absolute Gasteiger partial charge is 0.335 e. The molecule has 14 heteroatoms. The number of para-hydroxylation sites is 2. The minimum Gasteiger partial charge on any atom is -0.494 e. The van der Waals surface area contributed by atoms with Crippen LogP contribution in [0.3, 0.4) is 0 Å². The molecule has 0 radical (unpaired) electrons. The molecule has 1 saturated heterocycles. The van der Waals surface area contributed by atoms with Gasteiger partial charge < -0.3 is 44.4 Å². The monoisotopic (exact) mass is 777 g/mol. The Balaban J connectivity index is 0.000000291. The lowest BCUT2D eigenvalue weighted by Gasteiger charge is -2.35. The highest BCUT2D eigenvalue weighted by molar-refractivity contribution is 7.99. The number of benzene rings is 3. The first-order valence-corrected chi connectivity index (χ1v) is 18.6. The average molecular weight is 778 g/mol. The maximum Gasteiger partial charge on any atom is 0.335 e. The molecule has 2 heterocycles. The molecule has 4 N–H and O–H groups in total. The van der Waals surface area contributed by atoms with Gasteiger partial charge in [-0.2, -0.15) is 0 Å². The van der Waals surface area contributed by atoms with Crippen LogP contribution in [-0.2, 0) is 14.3 Å². The van der Waals surface area contributed by atoms with Crippen LogP contribution in [0.4, 0.5) is 11.4 Å². The molecule has 0 aromatic heterocycles. The van der Waals surface area contributed by atoms with E-state index in [1.165, 1.54) is 21.2 Å². The van der Waals surface area contributed by atoms with Gasteiger partial charge in [-0.1, -0.05) is 56.3 Å². The summed E-state index contributed by atoms with van der Waals surface area (Å²) >= 11 is 1.88. The van der Waals surface area contributed by atoms with E-state index in [-0.39, 0.29) is 12.4 Å². The van der Waals surface area contributed by atoms with E-state index in [1.54, 1.807) is 0 Å². The Morgan fingerprint density at radius 3 is 1.74 bits per heavy atom. The van der Waals surface area contributed by atoms with Gasteiger partial charge in [-0.3, -0.25) is 4.90 Å². The predicted octanol–water partition coefficient (Wildman–Crippen LogP) is 5.75. The summed E-state index contributed by atoms with van der Waals surface area (Å²) in [5, 5.41) is 32.5. The molecule has 1 fully saturated rings. The zero-order valence-corrected chi connectivity index (χ0v) is 32.8. The first-order valence-electron chi connectivity index (χ1n) is 17.8. The number of hydrogen-bond acceptors (Lipinski definition) is 11. The second-order valence-electron chi connectivity index (χ2n) is 12.9. The average Bonchev–Trinajstić information content (AvgIpc) is 3.14. The van der Waals surface area contributed by atoms with Gasteiger partial charge in [0.25, 0.3) is 0 Å². The van der Waals surface area contributed by atoms with E-state index < -0.39 is 24.1 Å². The number of carbonyl (C=O) groups is 2. The molecule has 0 saturated carbocycles. The number of aliphatic hydroxyl groups is 2. The normalized spacial score (nSPS) is 15.1. The Bertz CT molecular complexity index is 1430. The molecule has 0 aliphatic carbocycles. The molecule has 3 unspecified atom stereocenters. The van der Waals surface area contributed by atoms with Crippen LogP contribution in [0.2, 0.25) is 0 Å². The Morgan fingerprint density at radius 2 is 1.28 bits per heavy atom. The van der Waals surface area contributed by atoms with E-state index in [0.29, 0.717) is 5.92 Å². The molecule has 0 bridgehead atoms. The largest absolute Gasteiger partial charge is 0.494 e. The van der Waals surface area contributed by atoms with Gasteiger partial charge in [-0.05, 0) is 81.4 Å². The van der Waals surface area contributed by atoms with Crippen molar-refractivity contribution < 1.29 is 44.2 Å². The number of halogens is 1. The van der Waals surface area contributed by atoms with Crippen LogP contribution in [0.1, 0.15) is 33.1 Å². The number of carboxylic acids is 2. The van der Waals surface area contributed by atoms with Crippen LogP contribution in [-0.4, -0.2) is 128 Å². The van der Waals surface area contributed by atoms with Gasteiger partial charge >= 0.3 is 11.9 Å². The third kappa shape index (κ3) is 16.1. The molecule has 2 aliphatic heterocycles. The Labute approximate surface area is 324 Å². The number of rotatable bonds is 16. The van der Waals surface area contributed by atoms with Crippen molar-refractivity contribution in [3.05, 3.63) is 72.8 Å². The number of hydrogen-bond donors (Lipinski definition) is 4. The van der Waals surface area contributed by atoms with Crippen LogP contribution >= 0.6 is 24.2 Å². The van der Waals surface area contributed by atoms with Gasteiger partial charge in [0.15, 0.2) is 12.2 Å². The molecule has 5 rings (SSSR count). The summed E-state index contributed by atoms with van der Waals surface area (Å²) in [6, 6.07) is 25.4. The highest BCUT2D eigenvalue weighted by atomic mass is 35.5. The van der Waals surface area contributed by atoms with Crippen LogP contribution in [0.25, 0.3) is 0 Å². The Morgan fingerprint density at radius 1 is 0.811 bits per heavy atom. The van der Waals surface area contributed by atoms with E-state index in [1.807, 2.05) is 36.0 Å². The molecule has 3 atom stereocenters. The van der Waals surface area contributed by atoms with Crippen molar-refractivity contribution in [2.75, 3.05) is 78.1 Å². The number of ether oxygens (including phenoxy) is 3.